The van der Waals surface area contributed by atoms with Crippen LogP contribution in [0.15, 0.2) is 42.5 Å². The second-order valence-corrected chi connectivity index (χ2v) is 8.18. The molecule has 34 heavy (non-hydrogen) atoms. The number of nitrogens with zero attached hydrogens (tertiary/aromatic N) is 4. The molecule has 1 heterocycles. The molecule has 6 nitrogen and oxygen atoms in total. The van der Waals surface area contributed by atoms with Crippen LogP contribution in [0, 0.1) is 12.3 Å². The second kappa shape index (κ2) is 10.8. The third-order valence-corrected chi connectivity index (χ3v) is 5.24. The van der Waals surface area contributed by atoms with Gasteiger partial charge in [0, 0.05) is 24.1 Å². The van der Waals surface area contributed by atoms with Gasteiger partial charge in [-0.15, -0.1) is 22.5 Å². The molecule has 0 saturated carbocycles. The lowest BCUT2D eigenvalue weighted by molar-refractivity contribution is -0.137. The minimum Gasteiger partial charge on any atom is -0.309 e. The van der Waals surface area contributed by atoms with E-state index in [4.69, 9.17) is 18.0 Å². The number of terminal acetylenes is 1. The Morgan fingerprint density at radius 3 is 2.50 bits per heavy atom. The number of hydrogen-bond donors (Lipinski definition) is 1. The summed E-state index contributed by atoms with van der Waals surface area (Å²) >= 11 is 6.20. The summed E-state index contributed by atoms with van der Waals surface area (Å²) < 4.78 is 42.3. The third-order valence-electron chi connectivity index (χ3n) is 4.91. The van der Waals surface area contributed by atoms with E-state index >= 15 is 0 Å². The molecule has 178 valence electrons. The van der Waals surface area contributed by atoms with Crippen molar-refractivity contribution in [2.75, 3.05) is 20.6 Å². The van der Waals surface area contributed by atoms with Gasteiger partial charge in [-0.3, -0.25) is 9.36 Å². The molecule has 0 aliphatic heterocycles. The maximum atomic E-state index is 13.6. The van der Waals surface area contributed by atoms with Gasteiger partial charge in [-0.2, -0.15) is 13.2 Å². The van der Waals surface area contributed by atoms with Crippen LogP contribution in [-0.2, 0) is 19.3 Å². The Morgan fingerprint density at radius 1 is 1.15 bits per heavy atom. The topological polar surface area (TPSA) is 63.1 Å². The Balaban J connectivity index is 2.20. The van der Waals surface area contributed by atoms with Gasteiger partial charge < -0.3 is 10.2 Å². The number of carbonyl (C=O) groups is 1. The minimum atomic E-state index is -4.63. The highest BCUT2D eigenvalue weighted by Crippen LogP contribution is 2.33. The summed E-state index contributed by atoms with van der Waals surface area (Å²) in [6.07, 6.45) is 1.15. The minimum absolute atomic E-state index is 0.0978. The van der Waals surface area contributed by atoms with Crippen molar-refractivity contribution in [1.82, 2.24) is 25.0 Å². The van der Waals surface area contributed by atoms with Crippen molar-refractivity contribution in [3.63, 3.8) is 0 Å². The summed E-state index contributed by atoms with van der Waals surface area (Å²) in [7, 11) is 3.65. The van der Waals surface area contributed by atoms with Crippen LogP contribution in [0.5, 0.6) is 0 Å². The Labute approximate surface area is 200 Å². The van der Waals surface area contributed by atoms with E-state index in [1.165, 1.54) is 18.2 Å². The molecule has 3 rings (SSSR count). The van der Waals surface area contributed by atoms with E-state index in [-0.39, 0.29) is 28.4 Å². The van der Waals surface area contributed by atoms with Crippen LogP contribution in [0.3, 0.4) is 0 Å². The first-order valence-electron chi connectivity index (χ1n) is 10.4. The predicted molar refractivity (Wildman–Crippen MR) is 124 cm³/mol. The SMILES string of the molecule is C#CCCNCc1nnc(CN(C)C)n1-c1ccc(C(F)(F)F)cc1C(=O)c1ccccc1Cl. The third kappa shape index (κ3) is 5.83. The van der Waals surface area contributed by atoms with Gasteiger partial charge in [-0.25, -0.2) is 0 Å². The smallest absolute Gasteiger partial charge is 0.309 e. The number of aromatic nitrogens is 3. The Bertz CT molecular complexity index is 1210. The van der Waals surface area contributed by atoms with E-state index in [2.05, 4.69) is 21.4 Å². The second-order valence-electron chi connectivity index (χ2n) is 7.78. The first-order valence-corrected chi connectivity index (χ1v) is 10.7. The Hall–Kier alpha value is -3.19. The number of alkyl halides is 3. The maximum Gasteiger partial charge on any atom is 0.416 e. The fourth-order valence-corrected chi connectivity index (χ4v) is 3.59. The van der Waals surface area contributed by atoms with Gasteiger partial charge in [-0.05, 0) is 44.4 Å². The lowest BCUT2D eigenvalue weighted by atomic mass is 9.98. The normalized spacial score (nSPS) is 11.6. The van der Waals surface area contributed by atoms with E-state index in [0.717, 1.165) is 12.1 Å². The molecule has 0 unspecified atom stereocenters. The average molecular weight is 490 g/mol. The van der Waals surface area contributed by atoms with Crippen molar-refractivity contribution in [1.29, 1.82) is 0 Å². The summed E-state index contributed by atoms with van der Waals surface area (Å²) in [6.45, 7) is 1.12. The van der Waals surface area contributed by atoms with E-state index in [1.807, 2.05) is 19.0 Å². The molecule has 2 aromatic carbocycles. The first kappa shape index (κ1) is 25.4. The lowest BCUT2D eigenvalue weighted by Crippen LogP contribution is -2.21. The number of rotatable bonds is 9. The van der Waals surface area contributed by atoms with Gasteiger partial charge in [-0.1, -0.05) is 23.7 Å². The highest BCUT2D eigenvalue weighted by atomic mass is 35.5. The van der Waals surface area contributed by atoms with E-state index < -0.39 is 17.5 Å². The van der Waals surface area contributed by atoms with E-state index in [0.29, 0.717) is 31.2 Å². The molecule has 3 aromatic rings. The molecule has 0 bridgehead atoms. The molecule has 0 spiro atoms. The van der Waals surface area contributed by atoms with Crippen molar-refractivity contribution in [3.8, 4) is 18.0 Å². The molecule has 0 aliphatic carbocycles. The standard InChI is InChI=1S/C24H23ClF3N5O/c1-4-5-12-29-14-21-30-31-22(15-32(2)3)33(21)20-11-10-16(24(26,27)28)13-18(20)23(34)17-8-6-7-9-19(17)25/h1,6-11,13,29H,5,12,14-15H2,2-3H3. The van der Waals surface area contributed by atoms with Gasteiger partial charge in [0.2, 0.25) is 0 Å². The number of nitrogens with one attached hydrogen (secondary N) is 1. The van der Waals surface area contributed by atoms with Crippen LogP contribution in [0.4, 0.5) is 13.2 Å². The number of halogens is 4. The van der Waals surface area contributed by atoms with Crippen molar-refractivity contribution in [2.24, 2.45) is 0 Å². The molecule has 0 atom stereocenters. The number of carbonyl (C=O) groups excluding carboxylic acids is 1. The van der Waals surface area contributed by atoms with Gasteiger partial charge >= 0.3 is 6.18 Å². The number of ketones is 1. The molecule has 0 radical (unpaired) electrons. The zero-order valence-corrected chi connectivity index (χ0v) is 19.4. The monoisotopic (exact) mass is 489 g/mol. The van der Waals surface area contributed by atoms with Gasteiger partial charge in [0.25, 0.3) is 0 Å². The largest absolute Gasteiger partial charge is 0.416 e. The lowest BCUT2D eigenvalue weighted by Gasteiger charge is -2.18. The molecule has 0 aliphatic rings. The molecule has 0 fully saturated rings. The summed E-state index contributed by atoms with van der Waals surface area (Å²) in [5, 5.41) is 11.7. The van der Waals surface area contributed by atoms with Gasteiger partial charge in [0.1, 0.15) is 0 Å². The first-order chi connectivity index (χ1) is 16.1. The van der Waals surface area contributed by atoms with Gasteiger partial charge in [0.15, 0.2) is 17.4 Å². The van der Waals surface area contributed by atoms with Crippen molar-refractivity contribution in [3.05, 3.63) is 75.8 Å². The summed E-state index contributed by atoms with van der Waals surface area (Å²) in [6, 6.07) is 9.28. The zero-order valence-electron chi connectivity index (χ0n) is 18.7. The van der Waals surface area contributed by atoms with Crippen molar-refractivity contribution >= 4 is 17.4 Å². The van der Waals surface area contributed by atoms with Crippen LogP contribution in [0.25, 0.3) is 5.69 Å². The Morgan fingerprint density at radius 2 is 1.85 bits per heavy atom. The van der Waals surface area contributed by atoms with Crippen LogP contribution < -0.4 is 5.32 Å². The molecule has 0 saturated heterocycles. The van der Waals surface area contributed by atoms with Crippen molar-refractivity contribution < 1.29 is 18.0 Å². The molecular weight excluding hydrogens is 467 g/mol. The zero-order chi connectivity index (χ0) is 24.9. The van der Waals surface area contributed by atoms with Crippen LogP contribution in [-0.4, -0.2) is 46.1 Å². The number of hydrogen-bond acceptors (Lipinski definition) is 5. The summed E-state index contributed by atoms with van der Waals surface area (Å²) in [5.74, 6) is 2.78. The maximum absolute atomic E-state index is 13.6. The van der Waals surface area contributed by atoms with Crippen LogP contribution in [0.1, 0.15) is 39.6 Å². The van der Waals surface area contributed by atoms with Crippen LogP contribution >= 0.6 is 11.6 Å². The van der Waals surface area contributed by atoms with E-state index in [9.17, 15) is 18.0 Å². The van der Waals surface area contributed by atoms with E-state index in [1.54, 1.807) is 16.7 Å². The summed E-state index contributed by atoms with van der Waals surface area (Å²) in [5.41, 5.74) is -0.774. The number of benzene rings is 2. The fraction of sp³-hybridized carbons (Fsp3) is 0.292. The van der Waals surface area contributed by atoms with Crippen LogP contribution in [0.2, 0.25) is 5.02 Å². The molecule has 0 amide bonds. The molecule has 1 aromatic heterocycles. The Kier molecular flexibility index (Phi) is 8.10. The average Bonchev–Trinajstić information content (AvgIpc) is 3.17. The molecule has 10 heteroatoms. The molecular formula is C24H23ClF3N5O. The van der Waals surface area contributed by atoms with Gasteiger partial charge in [0.05, 0.1) is 29.4 Å². The quantitative estimate of drug-likeness (QED) is 0.275. The summed E-state index contributed by atoms with van der Waals surface area (Å²) in [4.78, 5) is 15.3. The van der Waals surface area contributed by atoms with Crippen molar-refractivity contribution in [2.45, 2.75) is 25.7 Å². The predicted octanol–water partition coefficient (Wildman–Crippen LogP) is 4.35. The molecule has 1 N–H and O–H groups in total. The highest BCUT2D eigenvalue weighted by molar-refractivity contribution is 6.35. The highest BCUT2D eigenvalue weighted by Gasteiger charge is 2.33. The fourth-order valence-electron chi connectivity index (χ4n) is 3.37.